The molecule has 1 aromatic carbocycles. The van der Waals surface area contributed by atoms with Gasteiger partial charge in [0.2, 0.25) is 0 Å². The lowest BCUT2D eigenvalue weighted by Gasteiger charge is -2.14. The number of nitrogens with one attached hydrogen (secondary N) is 1. The van der Waals surface area contributed by atoms with Crippen molar-refractivity contribution >= 4 is 23.1 Å². The van der Waals surface area contributed by atoms with Crippen LogP contribution < -0.4 is 5.32 Å². The molecule has 1 aromatic rings. The van der Waals surface area contributed by atoms with E-state index in [9.17, 15) is 0 Å². The zero-order valence-corrected chi connectivity index (χ0v) is 8.72. The van der Waals surface area contributed by atoms with Crippen LogP contribution in [-0.2, 0) is 0 Å². The predicted molar refractivity (Wildman–Crippen MR) is 61.2 cm³/mol. The van der Waals surface area contributed by atoms with Gasteiger partial charge < -0.3 is 5.32 Å². The van der Waals surface area contributed by atoms with Crippen molar-refractivity contribution in [3.63, 3.8) is 0 Å². The van der Waals surface area contributed by atoms with Gasteiger partial charge in [-0.25, -0.2) is 0 Å². The first-order chi connectivity index (χ1) is 6.86. The molecule has 0 amide bonds. The van der Waals surface area contributed by atoms with Crippen molar-refractivity contribution in [1.29, 1.82) is 0 Å². The molecule has 0 atom stereocenters. The highest BCUT2D eigenvalue weighted by Gasteiger charge is 2.06. The third kappa shape index (κ3) is 2.26. The van der Waals surface area contributed by atoms with Gasteiger partial charge >= 0.3 is 0 Å². The van der Waals surface area contributed by atoms with Gasteiger partial charge in [-0.3, -0.25) is 4.99 Å². The van der Waals surface area contributed by atoms with Crippen LogP contribution in [0.5, 0.6) is 0 Å². The van der Waals surface area contributed by atoms with Gasteiger partial charge in [0.05, 0.1) is 10.7 Å². The van der Waals surface area contributed by atoms with Crippen molar-refractivity contribution in [2.75, 3.05) is 11.9 Å². The van der Waals surface area contributed by atoms with Crippen LogP contribution in [0.1, 0.15) is 19.3 Å². The lowest BCUT2D eigenvalue weighted by atomic mass is 10.2. The van der Waals surface area contributed by atoms with E-state index in [0.717, 1.165) is 29.5 Å². The first-order valence-electron chi connectivity index (χ1n) is 4.91. The van der Waals surface area contributed by atoms with Gasteiger partial charge in [-0.05, 0) is 25.0 Å². The van der Waals surface area contributed by atoms with Crippen LogP contribution in [0.4, 0.5) is 5.69 Å². The molecule has 0 unspecified atom stereocenters. The van der Waals surface area contributed by atoms with Crippen LogP contribution in [-0.4, -0.2) is 12.4 Å². The maximum absolute atomic E-state index is 6.03. The van der Waals surface area contributed by atoms with Crippen molar-refractivity contribution in [1.82, 2.24) is 0 Å². The number of anilines is 1. The minimum Gasteiger partial charge on any atom is -0.343 e. The van der Waals surface area contributed by atoms with Gasteiger partial charge in [-0.1, -0.05) is 23.7 Å². The summed E-state index contributed by atoms with van der Waals surface area (Å²) >= 11 is 6.03. The highest BCUT2D eigenvalue weighted by molar-refractivity contribution is 6.33. The molecule has 0 bridgehead atoms. The minimum atomic E-state index is 0.751. The van der Waals surface area contributed by atoms with E-state index in [1.54, 1.807) is 0 Å². The minimum absolute atomic E-state index is 0.751. The SMILES string of the molecule is Clc1ccccc1NC1=NCCCC1. The Balaban J connectivity index is 2.10. The van der Waals surface area contributed by atoms with Gasteiger partial charge in [0.25, 0.3) is 0 Å². The molecule has 0 saturated heterocycles. The Kier molecular flexibility index (Phi) is 3.04. The predicted octanol–water partition coefficient (Wildman–Crippen LogP) is 3.33. The van der Waals surface area contributed by atoms with Gasteiger partial charge in [0.15, 0.2) is 0 Å². The fourth-order valence-corrected chi connectivity index (χ4v) is 1.70. The summed E-state index contributed by atoms with van der Waals surface area (Å²) in [6.07, 6.45) is 3.45. The lowest BCUT2D eigenvalue weighted by molar-refractivity contribution is 0.737. The molecule has 14 heavy (non-hydrogen) atoms. The van der Waals surface area contributed by atoms with Crippen LogP contribution in [0.15, 0.2) is 29.3 Å². The molecular weight excluding hydrogens is 196 g/mol. The number of nitrogens with zero attached hydrogens (tertiary/aromatic N) is 1. The second kappa shape index (κ2) is 4.47. The van der Waals surface area contributed by atoms with Crippen molar-refractivity contribution in [3.8, 4) is 0 Å². The van der Waals surface area contributed by atoms with Gasteiger partial charge in [-0.15, -0.1) is 0 Å². The van der Waals surface area contributed by atoms with Crippen LogP contribution in [0.2, 0.25) is 5.02 Å². The topological polar surface area (TPSA) is 24.4 Å². The highest BCUT2D eigenvalue weighted by atomic mass is 35.5. The van der Waals surface area contributed by atoms with Crippen molar-refractivity contribution in [3.05, 3.63) is 29.3 Å². The molecule has 1 N–H and O–H groups in total. The second-order valence-corrected chi connectivity index (χ2v) is 3.80. The van der Waals surface area contributed by atoms with E-state index in [4.69, 9.17) is 11.6 Å². The summed E-state index contributed by atoms with van der Waals surface area (Å²) in [4.78, 5) is 4.41. The Hall–Kier alpha value is -1.02. The molecule has 1 aliphatic rings. The Bertz CT molecular complexity index is 347. The van der Waals surface area contributed by atoms with Crippen LogP contribution in [0, 0.1) is 0 Å². The number of benzene rings is 1. The number of amidine groups is 1. The normalized spacial score (nSPS) is 16.2. The van der Waals surface area contributed by atoms with Crippen LogP contribution in [0.3, 0.4) is 0 Å². The van der Waals surface area contributed by atoms with Crippen molar-refractivity contribution < 1.29 is 0 Å². The maximum Gasteiger partial charge on any atom is 0.101 e. The van der Waals surface area contributed by atoms with E-state index in [0.29, 0.717) is 0 Å². The van der Waals surface area contributed by atoms with Crippen LogP contribution in [0.25, 0.3) is 0 Å². The van der Waals surface area contributed by atoms with E-state index in [-0.39, 0.29) is 0 Å². The number of aliphatic imine (C=N–C) groups is 1. The largest absolute Gasteiger partial charge is 0.343 e. The van der Waals surface area contributed by atoms with Crippen LogP contribution >= 0.6 is 11.6 Å². The summed E-state index contributed by atoms with van der Waals surface area (Å²) in [5, 5.41) is 4.02. The van der Waals surface area contributed by atoms with E-state index >= 15 is 0 Å². The summed E-state index contributed by atoms with van der Waals surface area (Å²) in [7, 11) is 0. The molecule has 74 valence electrons. The molecular formula is C11H13ClN2. The zero-order valence-electron chi connectivity index (χ0n) is 7.96. The quantitative estimate of drug-likeness (QED) is 0.752. The third-order valence-electron chi connectivity index (χ3n) is 2.28. The maximum atomic E-state index is 6.03. The fourth-order valence-electron chi connectivity index (χ4n) is 1.52. The summed E-state index contributed by atoms with van der Waals surface area (Å²) < 4.78 is 0. The van der Waals surface area contributed by atoms with Crippen molar-refractivity contribution in [2.24, 2.45) is 4.99 Å². The van der Waals surface area contributed by atoms with E-state index in [1.165, 1.54) is 12.8 Å². The Labute approximate surface area is 89.0 Å². The van der Waals surface area contributed by atoms with E-state index in [1.807, 2.05) is 24.3 Å². The summed E-state index contributed by atoms with van der Waals surface area (Å²) in [6, 6.07) is 7.75. The first-order valence-corrected chi connectivity index (χ1v) is 5.29. The molecule has 0 aliphatic carbocycles. The number of para-hydroxylation sites is 1. The average Bonchev–Trinajstić information content (AvgIpc) is 2.23. The zero-order chi connectivity index (χ0) is 9.80. The second-order valence-electron chi connectivity index (χ2n) is 3.39. The smallest absolute Gasteiger partial charge is 0.101 e. The number of hydrogen-bond donors (Lipinski definition) is 1. The Morgan fingerprint density at radius 2 is 2.07 bits per heavy atom. The van der Waals surface area contributed by atoms with Crippen molar-refractivity contribution in [2.45, 2.75) is 19.3 Å². The standard InChI is InChI=1S/C11H13ClN2/c12-9-5-1-2-6-10(9)14-11-7-3-4-8-13-11/h1-2,5-6H,3-4,7-8H2,(H,13,14). The molecule has 2 nitrogen and oxygen atoms in total. The summed E-state index contributed by atoms with van der Waals surface area (Å²) in [5.74, 6) is 1.06. The molecule has 0 aromatic heterocycles. The monoisotopic (exact) mass is 208 g/mol. The van der Waals surface area contributed by atoms with Gasteiger partial charge in [-0.2, -0.15) is 0 Å². The molecule has 3 heteroatoms. The third-order valence-corrected chi connectivity index (χ3v) is 2.61. The number of hydrogen-bond acceptors (Lipinski definition) is 2. The lowest BCUT2D eigenvalue weighted by Crippen LogP contribution is -2.16. The molecule has 0 spiro atoms. The molecule has 0 saturated carbocycles. The van der Waals surface area contributed by atoms with E-state index in [2.05, 4.69) is 10.3 Å². The fraction of sp³-hybridized carbons (Fsp3) is 0.364. The average molecular weight is 209 g/mol. The first kappa shape index (κ1) is 9.53. The Morgan fingerprint density at radius 1 is 1.21 bits per heavy atom. The van der Waals surface area contributed by atoms with Gasteiger partial charge in [0, 0.05) is 13.0 Å². The molecule has 1 aliphatic heterocycles. The number of halogens is 1. The van der Waals surface area contributed by atoms with E-state index < -0.39 is 0 Å². The van der Waals surface area contributed by atoms with Gasteiger partial charge in [0.1, 0.15) is 5.84 Å². The molecule has 0 fully saturated rings. The number of rotatable bonds is 1. The Morgan fingerprint density at radius 3 is 2.79 bits per heavy atom. The summed E-state index contributed by atoms with van der Waals surface area (Å²) in [5.41, 5.74) is 0.954. The highest BCUT2D eigenvalue weighted by Crippen LogP contribution is 2.21. The molecule has 1 heterocycles. The molecule has 2 rings (SSSR count). The summed E-state index contributed by atoms with van der Waals surface area (Å²) in [6.45, 7) is 0.937. The molecule has 0 radical (unpaired) electrons.